The van der Waals surface area contributed by atoms with Gasteiger partial charge in [0.2, 0.25) is 5.91 Å². The van der Waals surface area contributed by atoms with Crippen LogP contribution in [-0.4, -0.2) is 59.5 Å². The van der Waals surface area contributed by atoms with E-state index in [4.69, 9.17) is 0 Å². The summed E-state index contributed by atoms with van der Waals surface area (Å²) in [7, 11) is 0. The number of likely N-dealkylation sites (tertiary alicyclic amines) is 1. The number of carbonyl (C=O) groups is 1. The van der Waals surface area contributed by atoms with Crippen LogP contribution in [0, 0.1) is 11.3 Å². The number of thiazole rings is 1. The molecule has 0 radical (unpaired) electrons. The second kappa shape index (κ2) is 7.33. The zero-order chi connectivity index (χ0) is 17.3. The first-order chi connectivity index (χ1) is 12.2. The first-order valence-electron chi connectivity index (χ1n) is 9.77. The van der Waals surface area contributed by atoms with E-state index >= 15 is 0 Å². The molecule has 1 atom stereocenters. The lowest BCUT2D eigenvalue weighted by molar-refractivity contribution is -0.134. The van der Waals surface area contributed by atoms with Crippen molar-refractivity contribution in [1.29, 1.82) is 0 Å². The lowest BCUT2D eigenvalue weighted by atomic mass is 9.93. The molecule has 1 aromatic heterocycles. The molecule has 1 N–H and O–H groups in total. The topological polar surface area (TPSA) is 48.5 Å². The van der Waals surface area contributed by atoms with E-state index in [1.165, 1.54) is 19.3 Å². The molecule has 2 aliphatic heterocycles. The SMILES string of the molecule is CC1CCN(C(=O)CN(Cc2nccs2)[C@H]2CC23CCNCC3)CC1. The zero-order valence-corrected chi connectivity index (χ0v) is 16.1. The number of amides is 1. The van der Waals surface area contributed by atoms with Crippen molar-refractivity contribution in [3.63, 3.8) is 0 Å². The van der Waals surface area contributed by atoms with Gasteiger partial charge in [-0.05, 0) is 56.5 Å². The van der Waals surface area contributed by atoms with E-state index in [1.54, 1.807) is 11.3 Å². The first-order valence-corrected chi connectivity index (χ1v) is 10.7. The summed E-state index contributed by atoms with van der Waals surface area (Å²) < 4.78 is 0. The number of piperidine rings is 2. The molecular formula is C19H30N4OS. The predicted octanol–water partition coefficient (Wildman–Crippen LogP) is 2.35. The van der Waals surface area contributed by atoms with Gasteiger partial charge in [0.05, 0.1) is 13.1 Å². The minimum Gasteiger partial charge on any atom is -0.342 e. The van der Waals surface area contributed by atoms with Crippen LogP contribution in [0.4, 0.5) is 0 Å². The Bertz CT molecular complexity index is 576. The molecule has 2 saturated heterocycles. The molecule has 1 spiro atoms. The molecule has 4 rings (SSSR count). The van der Waals surface area contributed by atoms with Crippen molar-refractivity contribution in [2.24, 2.45) is 11.3 Å². The van der Waals surface area contributed by atoms with Gasteiger partial charge in [0.1, 0.15) is 5.01 Å². The molecule has 0 aromatic carbocycles. The standard InChI is InChI=1S/C19H30N4OS/c1-15-2-9-22(10-3-15)18(24)14-23(13-17-21-8-11-25-17)16-12-19(16)4-6-20-7-5-19/h8,11,15-16,20H,2-7,9-10,12-14H2,1H3/t16-/m0/s1. The summed E-state index contributed by atoms with van der Waals surface area (Å²) in [5, 5.41) is 6.65. The number of hydrogen-bond donors (Lipinski definition) is 1. The maximum absolute atomic E-state index is 12.9. The van der Waals surface area contributed by atoms with E-state index in [2.05, 4.69) is 27.0 Å². The Hall–Kier alpha value is -0.980. The predicted molar refractivity (Wildman–Crippen MR) is 100 cm³/mol. The molecule has 0 unspecified atom stereocenters. The summed E-state index contributed by atoms with van der Waals surface area (Å²) >= 11 is 1.70. The van der Waals surface area contributed by atoms with Crippen LogP contribution >= 0.6 is 11.3 Å². The maximum atomic E-state index is 12.9. The third-order valence-corrected chi connectivity index (χ3v) is 7.25. The molecule has 6 heteroatoms. The summed E-state index contributed by atoms with van der Waals surface area (Å²) in [5.41, 5.74) is 0.458. The van der Waals surface area contributed by atoms with Gasteiger partial charge in [0, 0.05) is 30.7 Å². The minimum atomic E-state index is 0.319. The van der Waals surface area contributed by atoms with Gasteiger partial charge in [-0.15, -0.1) is 11.3 Å². The number of nitrogens with zero attached hydrogens (tertiary/aromatic N) is 3. The summed E-state index contributed by atoms with van der Waals surface area (Å²) in [6.07, 6.45) is 7.93. The van der Waals surface area contributed by atoms with Gasteiger partial charge in [-0.1, -0.05) is 6.92 Å². The fourth-order valence-corrected chi connectivity index (χ4v) is 5.26. The van der Waals surface area contributed by atoms with Gasteiger partial charge in [-0.25, -0.2) is 4.98 Å². The van der Waals surface area contributed by atoms with Gasteiger partial charge < -0.3 is 10.2 Å². The van der Waals surface area contributed by atoms with E-state index in [0.717, 1.165) is 56.5 Å². The third kappa shape index (κ3) is 3.91. The highest BCUT2D eigenvalue weighted by Crippen LogP contribution is 2.56. The molecule has 3 aliphatic rings. The van der Waals surface area contributed by atoms with Gasteiger partial charge in [-0.3, -0.25) is 9.69 Å². The first kappa shape index (κ1) is 17.4. The second-order valence-corrected chi connectivity index (χ2v) is 9.21. The highest BCUT2D eigenvalue weighted by molar-refractivity contribution is 7.09. The Morgan fingerprint density at radius 3 is 2.84 bits per heavy atom. The molecular weight excluding hydrogens is 332 g/mol. The van der Waals surface area contributed by atoms with Crippen LogP contribution in [-0.2, 0) is 11.3 Å². The van der Waals surface area contributed by atoms with Crippen LogP contribution in [0.15, 0.2) is 11.6 Å². The van der Waals surface area contributed by atoms with E-state index in [-0.39, 0.29) is 0 Å². The van der Waals surface area contributed by atoms with Gasteiger partial charge >= 0.3 is 0 Å². The fourth-order valence-electron chi connectivity index (χ4n) is 4.62. The van der Waals surface area contributed by atoms with E-state index in [9.17, 15) is 4.79 Å². The van der Waals surface area contributed by atoms with Crippen molar-refractivity contribution < 1.29 is 4.79 Å². The van der Waals surface area contributed by atoms with Crippen LogP contribution in [0.25, 0.3) is 0 Å². The Balaban J connectivity index is 1.41. The van der Waals surface area contributed by atoms with Crippen molar-refractivity contribution in [3.8, 4) is 0 Å². The average molecular weight is 363 g/mol. The monoisotopic (exact) mass is 362 g/mol. The summed E-state index contributed by atoms with van der Waals surface area (Å²) in [4.78, 5) is 21.9. The van der Waals surface area contributed by atoms with E-state index < -0.39 is 0 Å². The number of carbonyl (C=O) groups excluding carboxylic acids is 1. The van der Waals surface area contributed by atoms with Crippen LogP contribution in [0.5, 0.6) is 0 Å². The smallest absolute Gasteiger partial charge is 0.236 e. The fraction of sp³-hybridized carbons (Fsp3) is 0.789. The van der Waals surface area contributed by atoms with Crippen LogP contribution in [0.3, 0.4) is 0 Å². The lowest BCUT2D eigenvalue weighted by Gasteiger charge is -2.33. The van der Waals surface area contributed by atoms with E-state index in [1.807, 2.05) is 11.6 Å². The quantitative estimate of drug-likeness (QED) is 0.873. The van der Waals surface area contributed by atoms with Gasteiger partial charge in [0.15, 0.2) is 0 Å². The van der Waals surface area contributed by atoms with Crippen molar-refractivity contribution in [2.45, 2.75) is 51.6 Å². The Kier molecular flexibility index (Phi) is 5.11. The average Bonchev–Trinajstić information content (AvgIpc) is 3.05. The van der Waals surface area contributed by atoms with Gasteiger partial charge in [0.25, 0.3) is 0 Å². The molecule has 1 aromatic rings. The minimum absolute atomic E-state index is 0.319. The van der Waals surface area contributed by atoms with Gasteiger partial charge in [-0.2, -0.15) is 0 Å². The molecule has 138 valence electrons. The largest absolute Gasteiger partial charge is 0.342 e. The zero-order valence-electron chi connectivity index (χ0n) is 15.2. The normalized spacial score (nSPS) is 26.3. The Morgan fingerprint density at radius 2 is 2.16 bits per heavy atom. The van der Waals surface area contributed by atoms with Crippen molar-refractivity contribution in [3.05, 3.63) is 16.6 Å². The van der Waals surface area contributed by atoms with Crippen molar-refractivity contribution in [2.75, 3.05) is 32.7 Å². The molecule has 1 saturated carbocycles. The third-order valence-electron chi connectivity index (χ3n) is 6.48. The number of aromatic nitrogens is 1. The molecule has 25 heavy (non-hydrogen) atoms. The molecule has 3 fully saturated rings. The summed E-state index contributed by atoms with van der Waals surface area (Å²) in [5.74, 6) is 1.08. The molecule has 1 amide bonds. The number of nitrogens with one attached hydrogen (secondary N) is 1. The summed E-state index contributed by atoms with van der Waals surface area (Å²) in [6.45, 7) is 7.80. The molecule has 3 heterocycles. The second-order valence-electron chi connectivity index (χ2n) is 8.23. The number of rotatable bonds is 5. The Labute approximate surface area is 154 Å². The van der Waals surface area contributed by atoms with Crippen LogP contribution in [0.1, 0.15) is 44.0 Å². The highest BCUT2D eigenvalue weighted by Gasteiger charge is 2.56. The van der Waals surface area contributed by atoms with Crippen LogP contribution < -0.4 is 5.32 Å². The number of hydrogen-bond acceptors (Lipinski definition) is 5. The van der Waals surface area contributed by atoms with E-state index in [0.29, 0.717) is 23.9 Å². The maximum Gasteiger partial charge on any atom is 0.236 e. The highest BCUT2D eigenvalue weighted by atomic mass is 32.1. The molecule has 0 bridgehead atoms. The molecule has 5 nitrogen and oxygen atoms in total. The summed E-state index contributed by atoms with van der Waals surface area (Å²) in [6, 6.07) is 0.561. The van der Waals surface area contributed by atoms with Crippen LogP contribution in [0.2, 0.25) is 0 Å². The van der Waals surface area contributed by atoms with Crippen molar-refractivity contribution in [1.82, 2.24) is 20.1 Å². The molecule has 1 aliphatic carbocycles. The lowest BCUT2D eigenvalue weighted by Crippen LogP contribution is -2.45. The Morgan fingerprint density at radius 1 is 1.40 bits per heavy atom. The van der Waals surface area contributed by atoms with Crippen molar-refractivity contribution >= 4 is 17.2 Å².